The standard InChI is InChI=1S/C42H27N3O2S/c46-37-22-21-34-33-17-7-8-20-38(33)48-41(34)40(37)47-42-44-39-32(18-10-19-36(39)45(42)31-15-5-2-6-16-31)29-13-9-14-30(25-29)35-26-28(23-24-43-35)27-11-3-1-4-12-27/h1-26,46H. The van der Waals surface area contributed by atoms with Gasteiger partial charge in [0.1, 0.15) is 5.52 Å². The van der Waals surface area contributed by atoms with Crippen LogP contribution in [0, 0.1) is 0 Å². The number of aromatic nitrogens is 3. The summed E-state index contributed by atoms with van der Waals surface area (Å²) in [5.41, 5.74) is 8.77. The number of thiophene rings is 1. The number of para-hydroxylation sites is 2. The molecule has 6 heteroatoms. The zero-order valence-corrected chi connectivity index (χ0v) is 26.4. The van der Waals surface area contributed by atoms with E-state index in [0.29, 0.717) is 11.8 Å². The van der Waals surface area contributed by atoms with E-state index in [1.807, 2.05) is 89.6 Å². The molecule has 0 aliphatic heterocycles. The number of fused-ring (bicyclic) bond motifs is 4. The molecule has 0 radical (unpaired) electrons. The molecule has 0 spiro atoms. The third-order valence-corrected chi connectivity index (χ3v) is 9.86. The van der Waals surface area contributed by atoms with Gasteiger partial charge in [-0.1, -0.05) is 97.1 Å². The first-order valence-corrected chi connectivity index (χ1v) is 16.5. The second-order valence-corrected chi connectivity index (χ2v) is 12.7. The van der Waals surface area contributed by atoms with Crippen molar-refractivity contribution in [2.45, 2.75) is 0 Å². The van der Waals surface area contributed by atoms with E-state index in [9.17, 15) is 5.11 Å². The molecule has 0 unspecified atom stereocenters. The number of phenolic OH excluding ortho intramolecular Hbond substituents is 1. The van der Waals surface area contributed by atoms with Gasteiger partial charge in [-0.2, -0.15) is 4.98 Å². The maximum atomic E-state index is 11.1. The Kier molecular flexibility index (Phi) is 6.73. The first kappa shape index (κ1) is 28.0. The molecule has 5 nitrogen and oxygen atoms in total. The normalized spacial score (nSPS) is 11.4. The summed E-state index contributed by atoms with van der Waals surface area (Å²) in [5.74, 6) is 0.466. The first-order chi connectivity index (χ1) is 23.7. The quantitative estimate of drug-likeness (QED) is 0.197. The Morgan fingerprint density at radius 2 is 1.35 bits per heavy atom. The molecule has 228 valence electrons. The number of pyridine rings is 1. The van der Waals surface area contributed by atoms with Crippen molar-refractivity contribution in [3.05, 3.63) is 158 Å². The van der Waals surface area contributed by atoms with Crippen LogP contribution >= 0.6 is 11.3 Å². The van der Waals surface area contributed by atoms with E-state index in [0.717, 1.165) is 70.4 Å². The highest BCUT2D eigenvalue weighted by atomic mass is 32.1. The number of hydrogen-bond acceptors (Lipinski definition) is 5. The van der Waals surface area contributed by atoms with Crippen molar-refractivity contribution in [1.29, 1.82) is 0 Å². The Bertz CT molecular complexity index is 2610. The molecule has 0 aliphatic rings. The van der Waals surface area contributed by atoms with Crippen LogP contribution in [0.1, 0.15) is 0 Å². The SMILES string of the molecule is Oc1ccc2c(sc3ccccc32)c1Oc1nc2c(-c3cccc(-c4cc(-c5ccccc5)ccn4)c3)cccc2n1-c1ccccc1. The average Bonchev–Trinajstić information content (AvgIpc) is 3.72. The molecular weight excluding hydrogens is 611 g/mol. The summed E-state index contributed by atoms with van der Waals surface area (Å²) in [7, 11) is 0. The van der Waals surface area contributed by atoms with Crippen molar-refractivity contribution in [3.63, 3.8) is 0 Å². The molecule has 3 aromatic heterocycles. The maximum Gasteiger partial charge on any atom is 0.307 e. The van der Waals surface area contributed by atoms with E-state index < -0.39 is 0 Å². The number of nitrogens with zero attached hydrogens (tertiary/aromatic N) is 3. The fourth-order valence-electron chi connectivity index (χ4n) is 6.39. The summed E-state index contributed by atoms with van der Waals surface area (Å²) in [6.45, 7) is 0. The third-order valence-electron chi connectivity index (χ3n) is 8.68. The number of phenols is 1. The van der Waals surface area contributed by atoms with Crippen LogP contribution in [0.3, 0.4) is 0 Å². The summed E-state index contributed by atoms with van der Waals surface area (Å²) in [6, 6.07) is 51.5. The predicted octanol–water partition coefficient (Wildman–Crippen LogP) is 11.3. The Morgan fingerprint density at radius 3 is 2.23 bits per heavy atom. The van der Waals surface area contributed by atoms with Crippen LogP contribution in [-0.2, 0) is 0 Å². The van der Waals surface area contributed by atoms with Gasteiger partial charge in [0.15, 0.2) is 11.5 Å². The predicted molar refractivity (Wildman–Crippen MR) is 196 cm³/mol. The van der Waals surface area contributed by atoms with E-state index in [4.69, 9.17) is 14.7 Å². The smallest absolute Gasteiger partial charge is 0.307 e. The van der Waals surface area contributed by atoms with Gasteiger partial charge in [-0.05, 0) is 71.3 Å². The molecule has 0 fully saturated rings. The van der Waals surface area contributed by atoms with Gasteiger partial charge in [-0.25, -0.2) is 0 Å². The zero-order valence-electron chi connectivity index (χ0n) is 25.6. The Labute approximate surface area is 280 Å². The summed E-state index contributed by atoms with van der Waals surface area (Å²) < 4.78 is 10.7. The van der Waals surface area contributed by atoms with Crippen molar-refractivity contribution >= 4 is 42.5 Å². The number of imidazole rings is 1. The van der Waals surface area contributed by atoms with Crippen LogP contribution in [0.25, 0.3) is 70.4 Å². The molecule has 3 heterocycles. The highest BCUT2D eigenvalue weighted by molar-refractivity contribution is 7.26. The van der Waals surface area contributed by atoms with Gasteiger partial charge in [-0.15, -0.1) is 11.3 Å². The lowest BCUT2D eigenvalue weighted by Crippen LogP contribution is -1.98. The molecule has 0 aliphatic carbocycles. The van der Waals surface area contributed by atoms with Gasteiger partial charge in [-0.3, -0.25) is 9.55 Å². The lowest BCUT2D eigenvalue weighted by atomic mass is 9.99. The first-order valence-electron chi connectivity index (χ1n) is 15.7. The average molecular weight is 638 g/mol. The highest BCUT2D eigenvalue weighted by Gasteiger charge is 2.22. The van der Waals surface area contributed by atoms with Crippen LogP contribution in [0.5, 0.6) is 17.5 Å². The lowest BCUT2D eigenvalue weighted by Gasteiger charge is -2.12. The molecule has 6 aromatic carbocycles. The van der Waals surface area contributed by atoms with E-state index in [2.05, 4.69) is 66.7 Å². The molecule has 0 atom stereocenters. The van der Waals surface area contributed by atoms with Gasteiger partial charge in [0.25, 0.3) is 0 Å². The van der Waals surface area contributed by atoms with Crippen LogP contribution < -0.4 is 4.74 Å². The monoisotopic (exact) mass is 637 g/mol. The fraction of sp³-hybridized carbons (Fsp3) is 0. The van der Waals surface area contributed by atoms with Gasteiger partial charge < -0.3 is 9.84 Å². The molecule has 0 bridgehead atoms. The van der Waals surface area contributed by atoms with Crippen LogP contribution in [-0.4, -0.2) is 19.6 Å². The summed E-state index contributed by atoms with van der Waals surface area (Å²) in [5, 5.41) is 13.3. The second kappa shape index (κ2) is 11.5. The Hall–Kier alpha value is -6.24. The van der Waals surface area contributed by atoms with Gasteiger partial charge >= 0.3 is 6.01 Å². The second-order valence-electron chi connectivity index (χ2n) is 11.6. The summed E-state index contributed by atoms with van der Waals surface area (Å²) in [6.07, 6.45) is 1.86. The molecule has 0 saturated heterocycles. The summed E-state index contributed by atoms with van der Waals surface area (Å²) in [4.78, 5) is 9.86. The van der Waals surface area contributed by atoms with Crippen molar-refractivity contribution in [3.8, 4) is 56.7 Å². The van der Waals surface area contributed by atoms with Gasteiger partial charge in [0.05, 0.1) is 21.6 Å². The van der Waals surface area contributed by atoms with E-state index in [1.165, 1.54) is 0 Å². The Balaban J connectivity index is 1.20. The van der Waals surface area contributed by atoms with Gasteiger partial charge in [0.2, 0.25) is 0 Å². The van der Waals surface area contributed by atoms with Crippen molar-refractivity contribution < 1.29 is 9.84 Å². The van der Waals surface area contributed by atoms with Gasteiger partial charge in [0, 0.05) is 32.8 Å². The minimum atomic E-state index is 0.0684. The van der Waals surface area contributed by atoms with E-state index >= 15 is 0 Å². The van der Waals surface area contributed by atoms with Crippen LogP contribution in [0.15, 0.2) is 158 Å². The van der Waals surface area contributed by atoms with Crippen molar-refractivity contribution in [2.24, 2.45) is 0 Å². The Morgan fingerprint density at radius 1 is 0.604 bits per heavy atom. The maximum absolute atomic E-state index is 11.1. The molecular formula is C42H27N3O2S. The lowest BCUT2D eigenvalue weighted by molar-refractivity contribution is 0.394. The minimum Gasteiger partial charge on any atom is -0.504 e. The molecule has 9 aromatic rings. The third kappa shape index (κ3) is 4.78. The largest absolute Gasteiger partial charge is 0.504 e. The number of benzene rings is 6. The highest BCUT2D eigenvalue weighted by Crippen LogP contribution is 2.46. The number of aromatic hydroxyl groups is 1. The topological polar surface area (TPSA) is 60.2 Å². The minimum absolute atomic E-state index is 0.0684. The molecule has 1 N–H and O–H groups in total. The fourth-order valence-corrected chi connectivity index (χ4v) is 7.58. The molecule has 9 rings (SSSR count). The molecule has 48 heavy (non-hydrogen) atoms. The van der Waals surface area contributed by atoms with Crippen molar-refractivity contribution in [2.75, 3.05) is 0 Å². The number of hydrogen-bond donors (Lipinski definition) is 1. The van der Waals surface area contributed by atoms with Crippen LogP contribution in [0.2, 0.25) is 0 Å². The van der Waals surface area contributed by atoms with E-state index in [-0.39, 0.29) is 5.75 Å². The summed E-state index contributed by atoms with van der Waals surface area (Å²) >= 11 is 1.60. The molecule has 0 saturated carbocycles. The van der Waals surface area contributed by atoms with Crippen molar-refractivity contribution in [1.82, 2.24) is 14.5 Å². The molecule has 0 amide bonds. The number of rotatable bonds is 6. The zero-order chi connectivity index (χ0) is 32.0. The van der Waals surface area contributed by atoms with E-state index in [1.54, 1.807) is 17.4 Å². The van der Waals surface area contributed by atoms with Crippen LogP contribution in [0.4, 0.5) is 0 Å². The number of ether oxygens (including phenoxy) is 1.